The Morgan fingerprint density at radius 3 is 2.82 bits per heavy atom. The minimum atomic E-state index is 0.330. The van der Waals surface area contributed by atoms with Gasteiger partial charge in [-0.2, -0.15) is 0 Å². The number of hydrogen-bond acceptors (Lipinski definition) is 5. The van der Waals surface area contributed by atoms with E-state index in [0.717, 1.165) is 6.42 Å². The van der Waals surface area contributed by atoms with E-state index < -0.39 is 0 Å². The van der Waals surface area contributed by atoms with Crippen LogP contribution in [-0.2, 0) is 9.47 Å². The zero-order chi connectivity index (χ0) is 12.5. The molecule has 1 heterocycles. The summed E-state index contributed by atoms with van der Waals surface area (Å²) in [6.45, 7) is 2.27. The molecule has 7 heteroatoms. The molecule has 1 aromatic rings. The van der Waals surface area contributed by atoms with E-state index in [4.69, 9.17) is 25.8 Å². The van der Waals surface area contributed by atoms with Gasteiger partial charge in [-0.25, -0.2) is 9.97 Å². The number of aromatic nitrogens is 2. The Morgan fingerprint density at radius 2 is 2.06 bits per heavy atom. The molecule has 0 saturated heterocycles. The molecule has 0 fully saturated rings. The molecule has 0 amide bonds. The van der Waals surface area contributed by atoms with E-state index in [1.807, 2.05) is 0 Å². The van der Waals surface area contributed by atoms with Gasteiger partial charge in [0.2, 0.25) is 5.88 Å². The van der Waals surface area contributed by atoms with Crippen molar-refractivity contribution in [1.82, 2.24) is 9.97 Å². The summed E-state index contributed by atoms with van der Waals surface area (Å²) in [6, 6.07) is 0. The minimum Gasteiger partial charge on any atom is -0.474 e. The van der Waals surface area contributed by atoms with Crippen molar-refractivity contribution in [3.8, 4) is 5.88 Å². The first-order chi connectivity index (χ1) is 8.25. The van der Waals surface area contributed by atoms with Gasteiger partial charge in [0.25, 0.3) is 0 Å². The molecule has 0 aromatic carbocycles. The van der Waals surface area contributed by atoms with Crippen molar-refractivity contribution < 1.29 is 14.2 Å². The molecule has 5 nitrogen and oxygen atoms in total. The van der Waals surface area contributed by atoms with E-state index in [1.54, 1.807) is 7.11 Å². The molecule has 0 unspecified atom stereocenters. The number of halogens is 2. The molecule has 0 spiro atoms. The second-order valence-corrected chi connectivity index (χ2v) is 4.24. The topological polar surface area (TPSA) is 53.5 Å². The predicted octanol–water partition coefficient (Wildman–Crippen LogP) is 2.32. The van der Waals surface area contributed by atoms with Gasteiger partial charge < -0.3 is 14.2 Å². The number of nitrogens with zero attached hydrogens (tertiary/aromatic N) is 2. The molecule has 0 saturated carbocycles. The average Bonchev–Trinajstić information content (AvgIpc) is 2.33. The van der Waals surface area contributed by atoms with Crippen LogP contribution in [0.2, 0.25) is 5.15 Å². The SMILES string of the molecule is COCCCOCCOc1ncnc(Cl)c1Br. The third-order valence-electron chi connectivity index (χ3n) is 1.82. The lowest BCUT2D eigenvalue weighted by molar-refractivity contribution is 0.0793. The van der Waals surface area contributed by atoms with Crippen LogP contribution < -0.4 is 4.74 Å². The predicted molar refractivity (Wildman–Crippen MR) is 67.5 cm³/mol. The lowest BCUT2D eigenvalue weighted by Crippen LogP contribution is -2.09. The third kappa shape index (κ3) is 5.63. The molecule has 0 aliphatic heterocycles. The zero-order valence-electron chi connectivity index (χ0n) is 9.49. The second-order valence-electron chi connectivity index (χ2n) is 3.09. The van der Waals surface area contributed by atoms with Crippen LogP contribution in [0.3, 0.4) is 0 Å². The van der Waals surface area contributed by atoms with Crippen molar-refractivity contribution in [2.45, 2.75) is 6.42 Å². The van der Waals surface area contributed by atoms with E-state index in [1.165, 1.54) is 6.33 Å². The third-order valence-corrected chi connectivity index (χ3v) is 3.05. The van der Waals surface area contributed by atoms with Gasteiger partial charge in [-0.1, -0.05) is 11.6 Å². The highest BCUT2D eigenvalue weighted by Gasteiger charge is 2.07. The van der Waals surface area contributed by atoms with E-state index in [2.05, 4.69) is 25.9 Å². The summed E-state index contributed by atoms with van der Waals surface area (Å²) in [7, 11) is 1.67. The average molecular weight is 326 g/mol. The number of hydrogen-bond donors (Lipinski definition) is 0. The Labute approximate surface area is 114 Å². The Bertz CT molecular complexity index is 341. The van der Waals surface area contributed by atoms with Crippen LogP contribution in [0.1, 0.15) is 6.42 Å². The normalized spacial score (nSPS) is 10.5. The molecule has 0 aliphatic rings. The highest BCUT2D eigenvalue weighted by Crippen LogP contribution is 2.27. The summed E-state index contributed by atoms with van der Waals surface area (Å²) >= 11 is 9.03. The van der Waals surface area contributed by atoms with Gasteiger partial charge in [-0.3, -0.25) is 0 Å². The molecule has 0 bridgehead atoms. The van der Waals surface area contributed by atoms with Gasteiger partial charge in [0, 0.05) is 20.3 Å². The van der Waals surface area contributed by atoms with Crippen LogP contribution in [0.15, 0.2) is 10.8 Å². The summed E-state index contributed by atoms with van der Waals surface area (Å²) in [5, 5.41) is 0.330. The van der Waals surface area contributed by atoms with Crippen molar-refractivity contribution in [2.24, 2.45) is 0 Å². The van der Waals surface area contributed by atoms with Crippen LogP contribution in [-0.4, -0.2) is 43.5 Å². The Kier molecular flexibility index (Phi) is 7.43. The van der Waals surface area contributed by atoms with Crippen LogP contribution in [0.5, 0.6) is 5.88 Å². The van der Waals surface area contributed by atoms with Crippen molar-refractivity contribution in [1.29, 1.82) is 0 Å². The van der Waals surface area contributed by atoms with Gasteiger partial charge in [0.05, 0.1) is 6.61 Å². The number of ether oxygens (including phenoxy) is 3. The molecule has 0 aliphatic carbocycles. The smallest absolute Gasteiger partial charge is 0.232 e. The monoisotopic (exact) mass is 324 g/mol. The first kappa shape index (κ1) is 14.6. The second kappa shape index (κ2) is 8.63. The van der Waals surface area contributed by atoms with Crippen molar-refractivity contribution in [3.63, 3.8) is 0 Å². The van der Waals surface area contributed by atoms with Gasteiger partial charge >= 0.3 is 0 Å². The van der Waals surface area contributed by atoms with Crippen LogP contribution in [0, 0.1) is 0 Å². The fourth-order valence-electron chi connectivity index (χ4n) is 1.04. The summed E-state index contributed by atoms with van der Waals surface area (Å²) in [4.78, 5) is 7.75. The molecule has 1 rings (SSSR count). The van der Waals surface area contributed by atoms with Crippen LogP contribution >= 0.6 is 27.5 Å². The Hall–Kier alpha value is -0.430. The summed E-state index contributed by atoms with van der Waals surface area (Å²) < 4.78 is 16.2. The summed E-state index contributed by atoms with van der Waals surface area (Å²) in [5.74, 6) is 0.422. The molecular formula is C10H14BrClN2O3. The van der Waals surface area contributed by atoms with E-state index in [0.29, 0.717) is 41.9 Å². The van der Waals surface area contributed by atoms with Crippen LogP contribution in [0.25, 0.3) is 0 Å². The maximum absolute atomic E-state index is 5.79. The van der Waals surface area contributed by atoms with E-state index in [-0.39, 0.29) is 0 Å². The molecule has 1 aromatic heterocycles. The Balaban J connectivity index is 2.16. The fourth-order valence-corrected chi connectivity index (χ4v) is 1.48. The van der Waals surface area contributed by atoms with Crippen molar-refractivity contribution in [2.75, 3.05) is 33.5 Å². The van der Waals surface area contributed by atoms with Crippen molar-refractivity contribution in [3.05, 3.63) is 16.0 Å². The fraction of sp³-hybridized carbons (Fsp3) is 0.600. The minimum absolute atomic E-state index is 0.330. The lowest BCUT2D eigenvalue weighted by atomic mass is 10.5. The highest BCUT2D eigenvalue weighted by atomic mass is 79.9. The van der Waals surface area contributed by atoms with E-state index in [9.17, 15) is 0 Å². The molecule has 0 N–H and O–H groups in total. The van der Waals surface area contributed by atoms with Gasteiger partial charge in [0.15, 0.2) is 5.15 Å². The molecular weight excluding hydrogens is 311 g/mol. The first-order valence-corrected chi connectivity index (χ1v) is 6.28. The highest BCUT2D eigenvalue weighted by molar-refractivity contribution is 9.10. The molecule has 0 radical (unpaired) electrons. The maximum atomic E-state index is 5.79. The van der Waals surface area contributed by atoms with Gasteiger partial charge in [0.1, 0.15) is 17.4 Å². The summed E-state index contributed by atoms with van der Waals surface area (Å²) in [5.41, 5.74) is 0. The number of methoxy groups -OCH3 is 1. The van der Waals surface area contributed by atoms with Gasteiger partial charge in [-0.05, 0) is 22.4 Å². The first-order valence-electron chi connectivity index (χ1n) is 5.11. The molecule has 17 heavy (non-hydrogen) atoms. The zero-order valence-corrected chi connectivity index (χ0v) is 11.8. The molecule has 0 atom stereocenters. The van der Waals surface area contributed by atoms with Gasteiger partial charge in [-0.15, -0.1) is 0 Å². The Morgan fingerprint density at radius 1 is 1.24 bits per heavy atom. The lowest BCUT2D eigenvalue weighted by Gasteiger charge is -2.07. The van der Waals surface area contributed by atoms with E-state index >= 15 is 0 Å². The number of rotatable bonds is 8. The largest absolute Gasteiger partial charge is 0.474 e. The quantitative estimate of drug-likeness (QED) is 0.542. The van der Waals surface area contributed by atoms with Crippen molar-refractivity contribution >= 4 is 27.5 Å². The van der Waals surface area contributed by atoms with Crippen LogP contribution in [0.4, 0.5) is 0 Å². The standard InChI is InChI=1S/C10H14BrClN2O3/c1-15-3-2-4-16-5-6-17-10-8(11)9(12)13-7-14-10/h7H,2-6H2,1H3. The molecule has 96 valence electrons. The summed E-state index contributed by atoms with van der Waals surface area (Å²) in [6.07, 6.45) is 2.22. The maximum Gasteiger partial charge on any atom is 0.232 e.